The van der Waals surface area contributed by atoms with Gasteiger partial charge in [0.1, 0.15) is 0 Å². The first-order valence-corrected chi connectivity index (χ1v) is 12.0. The van der Waals surface area contributed by atoms with Crippen molar-refractivity contribution in [2.24, 2.45) is 0 Å². The average Bonchev–Trinajstić information content (AvgIpc) is 3.38. The molecule has 0 saturated carbocycles. The number of amides is 1. The van der Waals surface area contributed by atoms with Crippen LogP contribution in [0, 0.1) is 0 Å². The zero-order valence-electron chi connectivity index (χ0n) is 19.6. The normalized spacial score (nSPS) is 10.8. The van der Waals surface area contributed by atoms with E-state index in [-0.39, 0.29) is 17.8 Å². The molecule has 2 aromatic heterocycles. The van der Waals surface area contributed by atoms with Crippen molar-refractivity contribution < 1.29 is 14.3 Å². The molecule has 0 unspecified atom stereocenters. The summed E-state index contributed by atoms with van der Waals surface area (Å²) in [6.07, 6.45) is 0. The van der Waals surface area contributed by atoms with E-state index >= 15 is 0 Å². The number of methoxy groups -OCH3 is 2. The molecule has 0 aliphatic heterocycles. The number of carbonyl (C=O) groups excluding carboxylic acids is 1. The largest absolute Gasteiger partial charge is 0.493 e. The van der Waals surface area contributed by atoms with Gasteiger partial charge in [0.05, 0.1) is 31.8 Å². The lowest BCUT2D eigenvalue weighted by Crippen LogP contribution is -2.28. The van der Waals surface area contributed by atoms with E-state index in [1.54, 1.807) is 44.6 Å². The molecule has 5 aromatic rings. The second kappa shape index (κ2) is 10.0. The van der Waals surface area contributed by atoms with Gasteiger partial charge in [-0.15, -0.1) is 11.3 Å². The fourth-order valence-electron chi connectivity index (χ4n) is 3.88. The molecule has 3 aromatic carbocycles. The zero-order valence-corrected chi connectivity index (χ0v) is 20.4. The van der Waals surface area contributed by atoms with E-state index < -0.39 is 5.91 Å². The molecule has 9 heteroatoms. The third-order valence-corrected chi connectivity index (χ3v) is 6.42. The number of aromatic nitrogens is 3. The van der Waals surface area contributed by atoms with Crippen molar-refractivity contribution in [2.75, 3.05) is 19.5 Å². The molecule has 2 heterocycles. The summed E-state index contributed by atoms with van der Waals surface area (Å²) in [5.74, 6) is 0.764. The molecule has 8 nitrogen and oxygen atoms in total. The molecule has 5 rings (SSSR count). The van der Waals surface area contributed by atoms with E-state index in [4.69, 9.17) is 9.47 Å². The SMILES string of the molecule is COc1ccc(-c2csc(NC(=O)c3nn(Cc4ccccc4)c(=O)c4ccccc34)n2)cc1OC. The molecule has 1 N–H and O–H groups in total. The number of hydrogen-bond acceptors (Lipinski definition) is 7. The Morgan fingerprint density at radius 2 is 1.67 bits per heavy atom. The number of nitrogens with zero attached hydrogens (tertiary/aromatic N) is 3. The summed E-state index contributed by atoms with van der Waals surface area (Å²) in [4.78, 5) is 30.9. The van der Waals surface area contributed by atoms with Crippen molar-refractivity contribution in [1.82, 2.24) is 14.8 Å². The van der Waals surface area contributed by atoms with Gasteiger partial charge in [0.25, 0.3) is 11.5 Å². The summed E-state index contributed by atoms with van der Waals surface area (Å²) >= 11 is 1.29. The van der Waals surface area contributed by atoms with Gasteiger partial charge < -0.3 is 9.47 Å². The monoisotopic (exact) mass is 498 g/mol. The van der Waals surface area contributed by atoms with Gasteiger partial charge >= 0.3 is 0 Å². The fraction of sp³-hybridized carbons (Fsp3) is 0.111. The van der Waals surface area contributed by atoms with Gasteiger partial charge in [-0.25, -0.2) is 9.67 Å². The van der Waals surface area contributed by atoms with E-state index in [1.165, 1.54) is 16.0 Å². The second-order valence-electron chi connectivity index (χ2n) is 7.90. The number of ether oxygens (including phenoxy) is 2. The number of fused-ring (bicyclic) bond motifs is 1. The van der Waals surface area contributed by atoms with Crippen molar-refractivity contribution >= 4 is 33.1 Å². The molecule has 1 amide bonds. The minimum atomic E-state index is -0.443. The first kappa shape index (κ1) is 23.3. The summed E-state index contributed by atoms with van der Waals surface area (Å²) in [6.45, 7) is 0.255. The average molecular weight is 499 g/mol. The minimum Gasteiger partial charge on any atom is -0.493 e. The van der Waals surface area contributed by atoms with Gasteiger partial charge in [-0.1, -0.05) is 48.5 Å². The third-order valence-electron chi connectivity index (χ3n) is 5.66. The Kier molecular flexibility index (Phi) is 6.46. The van der Waals surface area contributed by atoms with Crippen LogP contribution in [0.15, 0.2) is 83.0 Å². The summed E-state index contributed by atoms with van der Waals surface area (Å²) in [6, 6.07) is 22.0. The minimum absolute atomic E-state index is 0.156. The molecule has 0 aliphatic carbocycles. The van der Waals surface area contributed by atoms with E-state index in [0.29, 0.717) is 33.1 Å². The third kappa shape index (κ3) is 4.56. The van der Waals surface area contributed by atoms with Crippen LogP contribution in [0.2, 0.25) is 0 Å². The molecular formula is C27H22N4O4S. The molecule has 180 valence electrons. The van der Waals surface area contributed by atoms with Crippen molar-refractivity contribution in [3.8, 4) is 22.8 Å². The first-order valence-electron chi connectivity index (χ1n) is 11.1. The van der Waals surface area contributed by atoms with Gasteiger partial charge in [-0.3, -0.25) is 14.9 Å². The molecule has 36 heavy (non-hydrogen) atoms. The Morgan fingerprint density at radius 3 is 2.42 bits per heavy atom. The smallest absolute Gasteiger partial charge is 0.278 e. The zero-order chi connectivity index (χ0) is 25.1. The Hall–Kier alpha value is -4.50. The number of rotatable bonds is 7. The highest BCUT2D eigenvalue weighted by Crippen LogP contribution is 2.33. The van der Waals surface area contributed by atoms with Crippen LogP contribution >= 0.6 is 11.3 Å². The van der Waals surface area contributed by atoms with Gasteiger partial charge in [0, 0.05) is 16.3 Å². The standard InChI is InChI=1S/C27H22N4O4S/c1-34-22-13-12-18(14-23(22)35-2)21-16-36-27(28-21)29-25(32)24-19-10-6-7-11-20(19)26(33)31(30-24)15-17-8-4-3-5-9-17/h3-14,16H,15H2,1-2H3,(H,28,29,32). The Bertz CT molecular complexity index is 1610. The predicted octanol–water partition coefficient (Wildman–Crippen LogP) is 4.84. The summed E-state index contributed by atoms with van der Waals surface area (Å²) in [7, 11) is 3.15. The van der Waals surface area contributed by atoms with E-state index in [2.05, 4.69) is 15.4 Å². The summed E-state index contributed by atoms with van der Waals surface area (Å²) in [5.41, 5.74) is 2.32. The number of anilines is 1. The van der Waals surface area contributed by atoms with Crippen LogP contribution in [-0.4, -0.2) is 34.9 Å². The van der Waals surface area contributed by atoms with Crippen molar-refractivity contribution in [3.05, 3.63) is 99.8 Å². The molecule has 0 fully saturated rings. The summed E-state index contributed by atoms with van der Waals surface area (Å²) in [5, 5.41) is 10.4. The molecule has 0 saturated heterocycles. The van der Waals surface area contributed by atoms with Crippen molar-refractivity contribution in [3.63, 3.8) is 0 Å². The van der Waals surface area contributed by atoms with Crippen LogP contribution < -0.4 is 20.3 Å². The number of thiazole rings is 1. The number of carbonyl (C=O) groups is 1. The fourth-order valence-corrected chi connectivity index (χ4v) is 4.60. The molecule has 0 spiro atoms. The van der Waals surface area contributed by atoms with E-state index in [9.17, 15) is 9.59 Å². The molecule has 0 radical (unpaired) electrons. The Morgan fingerprint density at radius 1 is 0.944 bits per heavy atom. The maximum absolute atomic E-state index is 13.3. The van der Waals surface area contributed by atoms with Crippen LogP contribution in [0.5, 0.6) is 11.5 Å². The topological polar surface area (TPSA) is 95.3 Å². The molecule has 0 atom stereocenters. The number of nitrogens with one attached hydrogen (secondary N) is 1. The van der Waals surface area contributed by atoms with Gasteiger partial charge in [0.15, 0.2) is 22.3 Å². The second-order valence-corrected chi connectivity index (χ2v) is 8.76. The van der Waals surface area contributed by atoms with Crippen molar-refractivity contribution in [1.29, 1.82) is 0 Å². The van der Waals surface area contributed by atoms with Gasteiger partial charge in [-0.2, -0.15) is 5.10 Å². The van der Waals surface area contributed by atoms with Crippen LogP contribution in [-0.2, 0) is 6.54 Å². The maximum atomic E-state index is 13.3. The Balaban J connectivity index is 1.46. The maximum Gasteiger partial charge on any atom is 0.278 e. The van der Waals surface area contributed by atoms with Gasteiger partial charge in [-0.05, 0) is 29.8 Å². The van der Waals surface area contributed by atoms with Crippen LogP contribution in [0.3, 0.4) is 0 Å². The molecular weight excluding hydrogens is 476 g/mol. The van der Waals surface area contributed by atoms with Crippen LogP contribution in [0.25, 0.3) is 22.0 Å². The molecule has 0 aliphatic rings. The lowest BCUT2D eigenvalue weighted by Gasteiger charge is -2.11. The molecule has 0 bridgehead atoms. The predicted molar refractivity (Wildman–Crippen MR) is 140 cm³/mol. The first-order chi connectivity index (χ1) is 17.6. The number of benzene rings is 3. The quantitative estimate of drug-likeness (QED) is 0.345. The van der Waals surface area contributed by atoms with E-state index in [1.807, 2.05) is 47.8 Å². The highest BCUT2D eigenvalue weighted by molar-refractivity contribution is 7.14. The summed E-state index contributed by atoms with van der Waals surface area (Å²) < 4.78 is 12.0. The highest BCUT2D eigenvalue weighted by atomic mass is 32.1. The van der Waals surface area contributed by atoms with Crippen molar-refractivity contribution in [2.45, 2.75) is 6.54 Å². The van der Waals surface area contributed by atoms with Crippen LogP contribution in [0.1, 0.15) is 16.1 Å². The number of hydrogen-bond donors (Lipinski definition) is 1. The van der Waals surface area contributed by atoms with Crippen LogP contribution in [0.4, 0.5) is 5.13 Å². The lowest BCUT2D eigenvalue weighted by atomic mass is 10.1. The van der Waals surface area contributed by atoms with E-state index in [0.717, 1.165) is 11.1 Å². The van der Waals surface area contributed by atoms with Gasteiger partial charge in [0.2, 0.25) is 0 Å². The highest BCUT2D eigenvalue weighted by Gasteiger charge is 2.19. The Labute approximate surface area is 210 Å². The lowest BCUT2D eigenvalue weighted by molar-refractivity contribution is 0.102.